The number of hydrogen-bond donors (Lipinski definition) is 0. The second-order valence-corrected chi connectivity index (χ2v) is 5.29. The van der Waals surface area contributed by atoms with Crippen LogP contribution in [-0.2, 0) is 6.18 Å². The number of alkyl halides is 3. The lowest BCUT2D eigenvalue weighted by atomic mass is 10.1. The molecular formula is C14H9BrF3N3O. The van der Waals surface area contributed by atoms with Gasteiger partial charge in [0.05, 0.1) is 18.9 Å². The summed E-state index contributed by atoms with van der Waals surface area (Å²) in [5.74, 6) is 0.256. The summed E-state index contributed by atoms with van der Waals surface area (Å²) in [6.07, 6.45) is -0.119. The first-order chi connectivity index (χ1) is 10.4. The van der Waals surface area contributed by atoms with E-state index >= 15 is 0 Å². The van der Waals surface area contributed by atoms with E-state index in [1.54, 1.807) is 18.3 Å². The minimum Gasteiger partial charge on any atom is -0.481 e. The molecule has 3 rings (SSSR count). The van der Waals surface area contributed by atoms with Crippen molar-refractivity contribution in [1.82, 2.24) is 14.4 Å². The van der Waals surface area contributed by atoms with Crippen LogP contribution in [0.2, 0.25) is 0 Å². The summed E-state index contributed by atoms with van der Waals surface area (Å²) in [5.41, 5.74) is -0.172. The minimum absolute atomic E-state index is 0.161. The average molecular weight is 372 g/mol. The van der Waals surface area contributed by atoms with Gasteiger partial charge in [-0.3, -0.25) is 4.40 Å². The Hall–Kier alpha value is -2.09. The summed E-state index contributed by atoms with van der Waals surface area (Å²) in [4.78, 5) is 7.83. The zero-order chi connectivity index (χ0) is 15.9. The third-order valence-electron chi connectivity index (χ3n) is 3.14. The Morgan fingerprint density at radius 2 is 2.05 bits per heavy atom. The van der Waals surface area contributed by atoms with Gasteiger partial charge in [0.15, 0.2) is 0 Å². The number of hydrogen-bond acceptors (Lipinski definition) is 3. The molecule has 3 aromatic heterocycles. The number of aromatic nitrogens is 3. The van der Waals surface area contributed by atoms with Crippen molar-refractivity contribution in [2.24, 2.45) is 0 Å². The van der Waals surface area contributed by atoms with E-state index in [2.05, 4.69) is 25.9 Å². The van der Waals surface area contributed by atoms with Crippen molar-refractivity contribution >= 4 is 21.6 Å². The molecule has 0 aromatic carbocycles. The van der Waals surface area contributed by atoms with E-state index in [-0.39, 0.29) is 11.5 Å². The predicted octanol–water partition coefficient (Wildman–Crippen LogP) is 4.19. The average Bonchev–Trinajstić information content (AvgIpc) is 2.87. The Bertz CT molecular complexity index is 845. The summed E-state index contributed by atoms with van der Waals surface area (Å²) in [6.45, 7) is 0. The van der Waals surface area contributed by atoms with Crippen LogP contribution < -0.4 is 4.74 Å². The van der Waals surface area contributed by atoms with Gasteiger partial charge in [-0.15, -0.1) is 0 Å². The topological polar surface area (TPSA) is 39.4 Å². The smallest absolute Gasteiger partial charge is 0.420 e. The Balaban J connectivity index is 2.34. The summed E-state index contributed by atoms with van der Waals surface area (Å²) >= 11 is 3.20. The van der Waals surface area contributed by atoms with Crippen LogP contribution in [-0.4, -0.2) is 21.5 Å². The van der Waals surface area contributed by atoms with E-state index in [0.717, 1.165) is 6.07 Å². The van der Waals surface area contributed by atoms with Gasteiger partial charge in [0.2, 0.25) is 5.88 Å². The van der Waals surface area contributed by atoms with E-state index < -0.39 is 11.7 Å². The second kappa shape index (κ2) is 5.28. The fourth-order valence-corrected chi connectivity index (χ4v) is 2.56. The van der Waals surface area contributed by atoms with Gasteiger partial charge in [0, 0.05) is 23.5 Å². The molecule has 3 heterocycles. The largest absolute Gasteiger partial charge is 0.481 e. The van der Waals surface area contributed by atoms with Gasteiger partial charge in [0.25, 0.3) is 0 Å². The number of rotatable bonds is 2. The molecule has 0 unspecified atom stereocenters. The van der Waals surface area contributed by atoms with Crippen LogP contribution in [0.5, 0.6) is 5.88 Å². The SMILES string of the molecule is COc1ncccc1-c1cc(C(F)(F)F)c2ncc(Br)n2c1. The third-order valence-corrected chi connectivity index (χ3v) is 3.73. The van der Waals surface area contributed by atoms with Crippen molar-refractivity contribution in [2.75, 3.05) is 7.11 Å². The second-order valence-electron chi connectivity index (χ2n) is 4.47. The zero-order valence-electron chi connectivity index (χ0n) is 11.2. The summed E-state index contributed by atoms with van der Waals surface area (Å²) in [7, 11) is 1.42. The fourth-order valence-electron chi connectivity index (χ4n) is 2.19. The Morgan fingerprint density at radius 1 is 1.27 bits per heavy atom. The van der Waals surface area contributed by atoms with Gasteiger partial charge >= 0.3 is 6.18 Å². The molecule has 0 bridgehead atoms. The first kappa shape index (κ1) is 14.8. The van der Waals surface area contributed by atoms with E-state index in [1.807, 2.05) is 0 Å². The maximum Gasteiger partial charge on any atom is 0.420 e. The number of imidazole rings is 1. The molecule has 0 aliphatic heterocycles. The molecule has 8 heteroatoms. The molecule has 0 atom stereocenters. The van der Waals surface area contributed by atoms with Crippen molar-refractivity contribution in [3.05, 3.63) is 47.0 Å². The van der Waals surface area contributed by atoms with Crippen LogP contribution in [0.4, 0.5) is 13.2 Å². The highest BCUT2D eigenvalue weighted by molar-refractivity contribution is 9.10. The fraction of sp³-hybridized carbons (Fsp3) is 0.143. The first-order valence-corrected chi connectivity index (χ1v) is 6.94. The number of methoxy groups -OCH3 is 1. The maximum atomic E-state index is 13.3. The number of ether oxygens (including phenoxy) is 1. The van der Waals surface area contributed by atoms with Crippen LogP contribution in [0.25, 0.3) is 16.8 Å². The Labute approximate surface area is 131 Å². The molecule has 0 amide bonds. The predicted molar refractivity (Wildman–Crippen MR) is 77.7 cm³/mol. The third kappa shape index (κ3) is 2.43. The Kier molecular flexibility index (Phi) is 3.56. The minimum atomic E-state index is -4.52. The molecule has 114 valence electrons. The standard InChI is InChI=1S/C14H9BrF3N3O/c1-22-13-9(3-2-4-19-13)8-5-10(14(16,17)18)12-20-6-11(15)21(12)7-8/h2-7H,1H3. The van der Waals surface area contributed by atoms with Gasteiger partial charge < -0.3 is 4.74 Å². The van der Waals surface area contributed by atoms with Crippen LogP contribution in [0.3, 0.4) is 0 Å². The van der Waals surface area contributed by atoms with Crippen LogP contribution in [0.1, 0.15) is 5.56 Å². The summed E-state index contributed by atoms with van der Waals surface area (Å²) < 4.78 is 46.8. The van der Waals surface area contributed by atoms with E-state index in [9.17, 15) is 13.2 Å². The molecule has 0 aliphatic carbocycles. The summed E-state index contributed by atoms with van der Waals surface area (Å²) in [5, 5.41) is 0. The number of pyridine rings is 2. The summed E-state index contributed by atoms with van der Waals surface area (Å²) in [6, 6.07) is 4.34. The normalized spacial score (nSPS) is 11.9. The molecule has 4 nitrogen and oxygen atoms in total. The van der Waals surface area contributed by atoms with Crippen molar-refractivity contribution in [3.8, 4) is 17.0 Å². The lowest BCUT2D eigenvalue weighted by Crippen LogP contribution is -2.08. The first-order valence-electron chi connectivity index (χ1n) is 6.15. The van der Waals surface area contributed by atoms with Crippen molar-refractivity contribution < 1.29 is 17.9 Å². The molecule has 3 aromatic rings. The lowest BCUT2D eigenvalue weighted by molar-refractivity contribution is -0.136. The van der Waals surface area contributed by atoms with Gasteiger partial charge in [-0.1, -0.05) is 0 Å². The monoisotopic (exact) mass is 371 g/mol. The number of halogens is 4. The van der Waals surface area contributed by atoms with E-state index in [1.165, 1.54) is 23.9 Å². The number of fused-ring (bicyclic) bond motifs is 1. The highest BCUT2D eigenvalue weighted by atomic mass is 79.9. The van der Waals surface area contributed by atoms with Crippen molar-refractivity contribution in [2.45, 2.75) is 6.18 Å². The molecule has 0 fully saturated rings. The van der Waals surface area contributed by atoms with E-state index in [0.29, 0.717) is 15.7 Å². The maximum absolute atomic E-state index is 13.3. The Morgan fingerprint density at radius 3 is 2.73 bits per heavy atom. The molecule has 0 saturated carbocycles. The molecule has 0 radical (unpaired) electrons. The van der Waals surface area contributed by atoms with Gasteiger partial charge in [-0.2, -0.15) is 13.2 Å². The van der Waals surface area contributed by atoms with Crippen molar-refractivity contribution in [1.29, 1.82) is 0 Å². The zero-order valence-corrected chi connectivity index (χ0v) is 12.8. The van der Waals surface area contributed by atoms with Gasteiger partial charge in [-0.25, -0.2) is 9.97 Å². The van der Waals surface area contributed by atoms with Crippen LogP contribution in [0, 0.1) is 0 Å². The molecule has 0 aliphatic rings. The lowest BCUT2D eigenvalue weighted by Gasteiger charge is -2.13. The van der Waals surface area contributed by atoms with Gasteiger partial charge in [0.1, 0.15) is 10.3 Å². The van der Waals surface area contributed by atoms with E-state index in [4.69, 9.17) is 4.74 Å². The van der Waals surface area contributed by atoms with Crippen LogP contribution >= 0.6 is 15.9 Å². The highest BCUT2D eigenvalue weighted by Crippen LogP contribution is 2.37. The number of nitrogens with zero attached hydrogens (tertiary/aromatic N) is 3. The molecule has 0 spiro atoms. The quantitative estimate of drug-likeness (QED) is 0.678. The molecule has 0 saturated heterocycles. The molecule has 0 N–H and O–H groups in total. The van der Waals surface area contributed by atoms with Gasteiger partial charge in [-0.05, 0) is 34.1 Å². The molecule has 22 heavy (non-hydrogen) atoms. The molecular weight excluding hydrogens is 363 g/mol. The van der Waals surface area contributed by atoms with Crippen LogP contribution in [0.15, 0.2) is 41.4 Å². The van der Waals surface area contributed by atoms with Crippen molar-refractivity contribution in [3.63, 3.8) is 0 Å². The highest BCUT2D eigenvalue weighted by Gasteiger charge is 2.35.